The van der Waals surface area contributed by atoms with Crippen LogP contribution in [0.25, 0.3) is 6.08 Å². The number of halogens is 1. The van der Waals surface area contributed by atoms with Gasteiger partial charge in [0, 0.05) is 16.1 Å². The lowest BCUT2D eigenvalue weighted by Crippen LogP contribution is -2.34. The highest BCUT2D eigenvalue weighted by molar-refractivity contribution is 9.10. The molecule has 0 unspecified atom stereocenters. The highest BCUT2D eigenvalue weighted by Gasteiger charge is 2.07. The lowest BCUT2D eigenvalue weighted by molar-refractivity contribution is -0.129. The molecule has 0 aliphatic carbocycles. The average Bonchev–Trinajstić information content (AvgIpc) is 2.83. The van der Waals surface area contributed by atoms with Crippen LogP contribution in [0.3, 0.4) is 0 Å². The molecule has 0 saturated carbocycles. The number of hydrazone groups is 1. The monoisotopic (exact) mass is 505 g/mol. The molecule has 0 atom stereocenters. The Morgan fingerprint density at radius 1 is 0.909 bits per heavy atom. The molecule has 7 nitrogen and oxygen atoms in total. The van der Waals surface area contributed by atoms with Crippen molar-refractivity contribution in [1.82, 2.24) is 10.7 Å². The maximum atomic E-state index is 12.0. The van der Waals surface area contributed by atoms with Crippen LogP contribution >= 0.6 is 15.9 Å². The molecular formula is C25H20BrN3O4. The smallest absolute Gasteiger partial charge is 0.336 e. The lowest BCUT2D eigenvalue weighted by Gasteiger charge is -2.04. The largest absolute Gasteiger partial charge is 0.423 e. The second kappa shape index (κ2) is 12.1. The Labute approximate surface area is 199 Å². The van der Waals surface area contributed by atoms with Crippen molar-refractivity contribution in [2.24, 2.45) is 5.10 Å². The number of nitrogens with one attached hydrogen (secondary N) is 2. The second-order valence-electron chi connectivity index (χ2n) is 6.72. The summed E-state index contributed by atoms with van der Waals surface area (Å²) in [6.07, 6.45) is 4.47. The SMILES string of the molecule is O=C(CNC(=O)c1cccc(Br)c1)N/N=C/c1ccc(OC(=O)/C=C/c2ccccc2)cc1. The molecule has 3 aromatic rings. The fourth-order valence-corrected chi connectivity index (χ4v) is 3.01. The van der Waals surface area contributed by atoms with Crippen LogP contribution in [0.4, 0.5) is 0 Å². The molecule has 0 fully saturated rings. The predicted octanol–water partition coefficient (Wildman–Crippen LogP) is 3.95. The molecule has 0 aliphatic rings. The van der Waals surface area contributed by atoms with E-state index in [2.05, 4.69) is 31.8 Å². The van der Waals surface area contributed by atoms with Crippen molar-refractivity contribution >= 4 is 46.0 Å². The van der Waals surface area contributed by atoms with Crippen LogP contribution in [0, 0.1) is 0 Å². The van der Waals surface area contributed by atoms with Crippen molar-refractivity contribution in [2.45, 2.75) is 0 Å². The van der Waals surface area contributed by atoms with Crippen LogP contribution < -0.4 is 15.5 Å². The topological polar surface area (TPSA) is 96.9 Å². The zero-order valence-corrected chi connectivity index (χ0v) is 19.0. The third-order valence-corrected chi connectivity index (χ3v) is 4.70. The van der Waals surface area contributed by atoms with Crippen molar-refractivity contribution < 1.29 is 19.1 Å². The van der Waals surface area contributed by atoms with Crippen LogP contribution in [-0.2, 0) is 9.59 Å². The number of hydrogen-bond donors (Lipinski definition) is 2. The summed E-state index contributed by atoms with van der Waals surface area (Å²) in [5.74, 6) is -0.934. The van der Waals surface area contributed by atoms with E-state index >= 15 is 0 Å². The first-order valence-corrected chi connectivity index (χ1v) is 10.7. The number of hydrogen-bond acceptors (Lipinski definition) is 5. The van der Waals surface area contributed by atoms with Gasteiger partial charge in [0.15, 0.2) is 0 Å². The molecule has 0 saturated heterocycles. The first-order valence-electron chi connectivity index (χ1n) is 9.90. The van der Waals surface area contributed by atoms with E-state index in [0.29, 0.717) is 16.9 Å². The summed E-state index contributed by atoms with van der Waals surface area (Å²) < 4.78 is 6.02. The predicted molar refractivity (Wildman–Crippen MR) is 130 cm³/mol. The molecule has 0 radical (unpaired) electrons. The molecule has 3 aromatic carbocycles. The maximum Gasteiger partial charge on any atom is 0.336 e. The third-order valence-electron chi connectivity index (χ3n) is 4.21. The summed E-state index contributed by atoms with van der Waals surface area (Å²) >= 11 is 3.29. The highest BCUT2D eigenvalue weighted by atomic mass is 79.9. The summed E-state index contributed by atoms with van der Waals surface area (Å²) in [5.41, 5.74) is 4.37. The van der Waals surface area contributed by atoms with Crippen LogP contribution in [0.1, 0.15) is 21.5 Å². The number of benzene rings is 3. The van der Waals surface area contributed by atoms with E-state index in [9.17, 15) is 14.4 Å². The van der Waals surface area contributed by atoms with Gasteiger partial charge in [-0.25, -0.2) is 10.2 Å². The van der Waals surface area contributed by atoms with E-state index in [-0.39, 0.29) is 12.5 Å². The Morgan fingerprint density at radius 2 is 1.67 bits per heavy atom. The molecule has 2 N–H and O–H groups in total. The normalized spacial score (nSPS) is 10.8. The number of amides is 2. The molecule has 166 valence electrons. The lowest BCUT2D eigenvalue weighted by atomic mass is 10.2. The first-order chi connectivity index (χ1) is 16.0. The van der Waals surface area contributed by atoms with E-state index in [4.69, 9.17) is 4.74 Å². The van der Waals surface area contributed by atoms with Gasteiger partial charge >= 0.3 is 5.97 Å². The number of carbonyl (C=O) groups excluding carboxylic acids is 3. The summed E-state index contributed by atoms with van der Waals surface area (Å²) in [6.45, 7) is -0.214. The van der Waals surface area contributed by atoms with Crippen molar-refractivity contribution in [3.63, 3.8) is 0 Å². The minimum atomic E-state index is -0.488. The van der Waals surface area contributed by atoms with E-state index in [1.807, 2.05) is 30.3 Å². The van der Waals surface area contributed by atoms with E-state index in [0.717, 1.165) is 10.0 Å². The van der Waals surface area contributed by atoms with Gasteiger partial charge in [-0.2, -0.15) is 5.10 Å². The molecule has 0 bridgehead atoms. The van der Waals surface area contributed by atoms with Crippen molar-refractivity contribution in [3.05, 3.63) is 106 Å². The Morgan fingerprint density at radius 3 is 2.39 bits per heavy atom. The Hall–Kier alpha value is -4.04. The van der Waals surface area contributed by atoms with Crippen molar-refractivity contribution in [2.75, 3.05) is 6.54 Å². The third kappa shape index (κ3) is 8.19. The number of esters is 1. The standard InChI is InChI=1S/C25H20BrN3O4/c26-21-8-4-7-20(15-21)25(32)27-17-23(30)29-28-16-19-9-12-22(13-10-19)33-24(31)14-11-18-5-2-1-3-6-18/h1-16H,17H2,(H,27,32)(H,29,30)/b14-11+,28-16+. The minimum Gasteiger partial charge on any atom is -0.423 e. The maximum absolute atomic E-state index is 12.0. The van der Waals surface area contributed by atoms with E-state index in [1.54, 1.807) is 54.6 Å². The van der Waals surface area contributed by atoms with E-state index in [1.165, 1.54) is 12.3 Å². The van der Waals surface area contributed by atoms with Crippen LogP contribution in [-0.4, -0.2) is 30.5 Å². The van der Waals surface area contributed by atoms with Crippen LogP contribution in [0.15, 0.2) is 94.5 Å². The van der Waals surface area contributed by atoms with Gasteiger partial charge in [-0.15, -0.1) is 0 Å². The van der Waals surface area contributed by atoms with Crippen molar-refractivity contribution in [3.8, 4) is 5.75 Å². The molecule has 0 heterocycles. The molecule has 3 rings (SSSR count). The van der Waals surface area contributed by atoms with Gasteiger partial charge in [0.05, 0.1) is 12.8 Å². The summed E-state index contributed by atoms with van der Waals surface area (Å²) in [5, 5.41) is 6.38. The molecule has 0 spiro atoms. The summed E-state index contributed by atoms with van der Waals surface area (Å²) in [6, 6.07) is 22.9. The fourth-order valence-electron chi connectivity index (χ4n) is 2.61. The van der Waals surface area contributed by atoms with Gasteiger partial charge in [-0.1, -0.05) is 52.3 Å². The van der Waals surface area contributed by atoms with Gasteiger partial charge in [0.1, 0.15) is 5.75 Å². The van der Waals surface area contributed by atoms with Crippen molar-refractivity contribution in [1.29, 1.82) is 0 Å². The van der Waals surface area contributed by atoms with Crippen LogP contribution in [0.2, 0.25) is 0 Å². The van der Waals surface area contributed by atoms with E-state index < -0.39 is 11.9 Å². The number of ether oxygens (including phenoxy) is 1. The molecule has 0 aromatic heterocycles. The number of carbonyl (C=O) groups is 3. The highest BCUT2D eigenvalue weighted by Crippen LogP contribution is 2.12. The summed E-state index contributed by atoms with van der Waals surface area (Å²) in [4.78, 5) is 35.8. The molecule has 0 aliphatic heterocycles. The average molecular weight is 506 g/mol. The molecule has 33 heavy (non-hydrogen) atoms. The Balaban J connectivity index is 1.42. The molecule has 8 heteroatoms. The minimum absolute atomic E-state index is 0.214. The number of rotatable bonds is 8. The number of nitrogens with zero attached hydrogens (tertiary/aromatic N) is 1. The quantitative estimate of drug-likeness (QED) is 0.159. The molecule has 2 amide bonds. The molecular weight excluding hydrogens is 486 g/mol. The first kappa shape index (κ1) is 23.6. The van der Waals surface area contributed by atoms with Gasteiger partial charge < -0.3 is 10.1 Å². The zero-order valence-electron chi connectivity index (χ0n) is 17.4. The second-order valence-corrected chi connectivity index (χ2v) is 7.64. The Bertz CT molecular complexity index is 1180. The van der Waals surface area contributed by atoms with Crippen LogP contribution in [0.5, 0.6) is 5.75 Å². The Kier molecular flexibility index (Phi) is 8.67. The zero-order chi connectivity index (χ0) is 23.5. The van der Waals surface area contributed by atoms with Gasteiger partial charge in [0.25, 0.3) is 11.8 Å². The summed E-state index contributed by atoms with van der Waals surface area (Å²) in [7, 11) is 0. The fraction of sp³-hybridized carbons (Fsp3) is 0.0400. The van der Waals surface area contributed by atoms with Gasteiger partial charge in [-0.05, 0) is 59.7 Å². The van der Waals surface area contributed by atoms with Gasteiger partial charge in [0.2, 0.25) is 0 Å². The van der Waals surface area contributed by atoms with Gasteiger partial charge in [-0.3, -0.25) is 9.59 Å².